The van der Waals surface area contributed by atoms with E-state index in [0.29, 0.717) is 37.4 Å². The zero-order valence-electron chi connectivity index (χ0n) is 13.7. The van der Waals surface area contributed by atoms with Gasteiger partial charge in [0.05, 0.1) is 5.69 Å². The number of amides is 2. The maximum absolute atomic E-state index is 12.5. The highest BCUT2D eigenvalue weighted by molar-refractivity contribution is 5.95. The van der Waals surface area contributed by atoms with E-state index >= 15 is 0 Å². The second-order valence-electron chi connectivity index (χ2n) is 6.45. The molecule has 2 rings (SSSR count). The van der Waals surface area contributed by atoms with Crippen molar-refractivity contribution in [2.24, 2.45) is 0 Å². The van der Waals surface area contributed by atoms with Gasteiger partial charge in [-0.2, -0.15) is 0 Å². The van der Waals surface area contributed by atoms with Gasteiger partial charge in [0.25, 0.3) is 5.91 Å². The molecule has 7 heteroatoms. The molecular weight excluding hydrogens is 298 g/mol. The highest BCUT2D eigenvalue weighted by Crippen LogP contribution is 2.15. The molecule has 7 nitrogen and oxygen atoms in total. The first kappa shape index (κ1) is 17.1. The third-order valence-electron chi connectivity index (χ3n) is 3.46. The Kier molecular flexibility index (Phi) is 5.10. The van der Waals surface area contributed by atoms with Crippen LogP contribution in [-0.4, -0.2) is 58.8 Å². The molecule has 0 radical (unpaired) electrons. The number of carbonyl (C=O) groups is 2. The Hall–Kier alpha value is -2.28. The van der Waals surface area contributed by atoms with Crippen LogP contribution in [0.3, 0.4) is 0 Å². The van der Waals surface area contributed by atoms with E-state index in [-0.39, 0.29) is 12.0 Å². The number of nitrogens with one attached hydrogen (secondary N) is 1. The number of rotatable bonds is 2. The summed E-state index contributed by atoms with van der Waals surface area (Å²) in [5.41, 5.74) is 2.46. The third kappa shape index (κ3) is 4.59. The second-order valence-corrected chi connectivity index (χ2v) is 6.45. The van der Waals surface area contributed by atoms with Crippen LogP contribution in [0.1, 0.15) is 31.1 Å². The fourth-order valence-corrected chi connectivity index (χ4v) is 2.32. The Balaban J connectivity index is 1.93. The second kappa shape index (κ2) is 6.87. The van der Waals surface area contributed by atoms with E-state index in [1.807, 2.05) is 26.3 Å². The van der Waals surface area contributed by atoms with Crippen molar-refractivity contribution in [3.8, 4) is 0 Å². The highest BCUT2D eigenvalue weighted by Gasteiger charge is 2.28. The van der Waals surface area contributed by atoms with Gasteiger partial charge in [-0.3, -0.25) is 15.5 Å². The molecule has 2 amide bonds. The van der Waals surface area contributed by atoms with E-state index in [9.17, 15) is 9.59 Å². The number of hydrogen-bond acceptors (Lipinski definition) is 5. The van der Waals surface area contributed by atoms with Gasteiger partial charge in [-0.05, 0) is 39.0 Å². The molecule has 23 heavy (non-hydrogen) atoms. The summed E-state index contributed by atoms with van der Waals surface area (Å²) in [6.45, 7) is 7.27. The molecule has 1 fully saturated rings. The van der Waals surface area contributed by atoms with E-state index in [0.717, 1.165) is 0 Å². The van der Waals surface area contributed by atoms with E-state index in [4.69, 9.17) is 9.94 Å². The first-order valence-electron chi connectivity index (χ1n) is 7.57. The normalized spacial score (nSPS) is 15.3. The minimum absolute atomic E-state index is 0.120. The molecule has 0 atom stereocenters. The third-order valence-corrected chi connectivity index (χ3v) is 3.46. The monoisotopic (exact) mass is 321 g/mol. The zero-order chi connectivity index (χ0) is 17.0. The number of carbonyl (C=O) groups excluding carboxylic acids is 2. The lowest BCUT2D eigenvalue weighted by Crippen LogP contribution is -2.51. The summed E-state index contributed by atoms with van der Waals surface area (Å²) in [5.74, 6) is -0.120. The van der Waals surface area contributed by atoms with Gasteiger partial charge < -0.3 is 14.5 Å². The Bertz CT molecular complexity index is 575. The smallest absolute Gasteiger partial charge is 0.410 e. The van der Waals surface area contributed by atoms with Crippen LogP contribution in [0.5, 0.6) is 0 Å². The summed E-state index contributed by atoms with van der Waals surface area (Å²) in [5, 5.41) is 8.91. The number of ether oxygens (including phenoxy) is 1. The molecule has 2 N–H and O–H groups in total. The molecule has 0 aliphatic carbocycles. The topological polar surface area (TPSA) is 82.1 Å². The van der Waals surface area contributed by atoms with Crippen molar-refractivity contribution in [3.63, 3.8) is 0 Å². The van der Waals surface area contributed by atoms with Crippen molar-refractivity contribution in [2.75, 3.05) is 31.7 Å². The molecule has 1 saturated heterocycles. The average molecular weight is 321 g/mol. The number of nitrogens with zero attached hydrogens (tertiary/aromatic N) is 2. The van der Waals surface area contributed by atoms with Crippen LogP contribution >= 0.6 is 0 Å². The van der Waals surface area contributed by atoms with E-state index in [2.05, 4.69) is 0 Å². The first-order chi connectivity index (χ1) is 10.8. The molecule has 0 spiro atoms. The molecule has 0 unspecified atom stereocenters. The Morgan fingerprint density at radius 3 is 2.30 bits per heavy atom. The predicted molar refractivity (Wildman–Crippen MR) is 85.6 cm³/mol. The molecule has 1 aliphatic rings. The SMILES string of the molecule is CC(C)(C)OC(=O)N1CCN(C(=O)c2cccc(NO)c2)CC1. The number of benzene rings is 1. The van der Waals surface area contributed by atoms with Crippen LogP contribution in [0.15, 0.2) is 24.3 Å². The van der Waals surface area contributed by atoms with Crippen molar-refractivity contribution >= 4 is 17.7 Å². The van der Waals surface area contributed by atoms with Crippen LogP contribution in [-0.2, 0) is 4.74 Å². The first-order valence-corrected chi connectivity index (χ1v) is 7.57. The summed E-state index contributed by atoms with van der Waals surface area (Å²) in [7, 11) is 0. The van der Waals surface area contributed by atoms with Gasteiger partial charge in [-0.15, -0.1) is 0 Å². The van der Waals surface area contributed by atoms with Crippen molar-refractivity contribution in [3.05, 3.63) is 29.8 Å². The molecule has 0 aromatic heterocycles. The minimum atomic E-state index is -0.526. The summed E-state index contributed by atoms with van der Waals surface area (Å²) in [4.78, 5) is 27.8. The minimum Gasteiger partial charge on any atom is -0.444 e. The van der Waals surface area contributed by atoms with Gasteiger partial charge in [0.15, 0.2) is 0 Å². The summed E-state index contributed by atoms with van der Waals surface area (Å²) in [6.07, 6.45) is -0.351. The fraction of sp³-hybridized carbons (Fsp3) is 0.500. The molecule has 0 bridgehead atoms. The lowest BCUT2D eigenvalue weighted by Gasteiger charge is -2.35. The van der Waals surface area contributed by atoms with Crippen molar-refractivity contribution in [2.45, 2.75) is 26.4 Å². The molecule has 1 aliphatic heterocycles. The van der Waals surface area contributed by atoms with Gasteiger partial charge >= 0.3 is 6.09 Å². The summed E-state index contributed by atoms with van der Waals surface area (Å²) >= 11 is 0. The van der Waals surface area contributed by atoms with Crippen LogP contribution in [0.2, 0.25) is 0 Å². The van der Waals surface area contributed by atoms with Gasteiger partial charge in [0.2, 0.25) is 0 Å². The summed E-state index contributed by atoms with van der Waals surface area (Å²) in [6, 6.07) is 6.64. The van der Waals surface area contributed by atoms with Crippen LogP contribution in [0.4, 0.5) is 10.5 Å². The molecule has 1 aromatic carbocycles. The Morgan fingerprint density at radius 1 is 1.13 bits per heavy atom. The number of piperazine rings is 1. The van der Waals surface area contributed by atoms with Crippen molar-refractivity contribution < 1.29 is 19.5 Å². The lowest BCUT2D eigenvalue weighted by molar-refractivity contribution is 0.0141. The van der Waals surface area contributed by atoms with Crippen LogP contribution < -0.4 is 5.48 Å². The Labute approximate surface area is 135 Å². The van der Waals surface area contributed by atoms with Crippen LogP contribution in [0.25, 0.3) is 0 Å². The largest absolute Gasteiger partial charge is 0.444 e. The van der Waals surface area contributed by atoms with Crippen molar-refractivity contribution in [1.29, 1.82) is 0 Å². The zero-order valence-corrected chi connectivity index (χ0v) is 13.7. The van der Waals surface area contributed by atoms with Gasteiger partial charge in [-0.1, -0.05) is 6.07 Å². The molecule has 1 aromatic rings. The fourth-order valence-electron chi connectivity index (χ4n) is 2.32. The summed E-state index contributed by atoms with van der Waals surface area (Å²) < 4.78 is 5.34. The maximum Gasteiger partial charge on any atom is 0.410 e. The van der Waals surface area contributed by atoms with Crippen molar-refractivity contribution in [1.82, 2.24) is 9.80 Å². The molecular formula is C16H23N3O4. The maximum atomic E-state index is 12.5. The quantitative estimate of drug-likeness (QED) is 0.816. The number of anilines is 1. The van der Waals surface area contributed by atoms with E-state index in [1.165, 1.54) is 0 Å². The van der Waals surface area contributed by atoms with Gasteiger partial charge in [-0.25, -0.2) is 4.79 Å². The Morgan fingerprint density at radius 2 is 1.74 bits per heavy atom. The van der Waals surface area contributed by atoms with Gasteiger partial charge in [0, 0.05) is 31.7 Å². The van der Waals surface area contributed by atoms with E-state index < -0.39 is 5.60 Å². The predicted octanol–water partition coefficient (Wildman–Crippen LogP) is 2.18. The molecule has 1 heterocycles. The highest BCUT2D eigenvalue weighted by atomic mass is 16.6. The van der Waals surface area contributed by atoms with E-state index in [1.54, 1.807) is 34.1 Å². The molecule has 126 valence electrons. The van der Waals surface area contributed by atoms with Gasteiger partial charge in [0.1, 0.15) is 5.60 Å². The lowest BCUT2D eigenvalue weighted by atomic mass is 10.1. The average Bonchev–Trinajstić information content (AvgIpc) is 2.53. The van der Waals surface area contributed by atoms with Crippen LogP contribution in [0, 0.1) is 0 Å². The number of hydrogen-bond donors (Lipinski definition) is 2. The standard InChI is InChI=1S/C16H23N3O4/c1-16(2,3)23-15(21)19-9-7-18(8-10-19)14(20)12-5-4-6-13(11-12)17-22/h4-6,11,17,22H,7-10H2,1-3H3. The molecule has 0 saturated carbocycles.